The van der Waals surface area contributed by atoms with E-state index in [-0.39, 0.29) is 12.1 Å². The molecule has 1 aliphatic heterocycles. The van der Waals surface area contributed by atoms with Crippen LogP contribution in [0.3, 0.4) is 0 Å². The predicted molar refractivity (Wildman–Crippen MR) is 150 cm³/mol. The lowest BCUT2D eigenvalue weighted by Gasteiger charge is -2.32. The first-order chi connectivity index (χ1) is 17.7. The van der Waals surface area contributed by atoms with Crippen molar-refractivity contribution < 1.29 is 4.79 Å². The van der Waals surface area contributed by atoms with Crippen molar-refractivity contribution in [3.8, 4) is 0 Å². The Hall–Kier alpha value is -3.08. The summed E-state index contributed by atoms with van der Waals surface area (Å²) in [5, 5.41) is 7.03. The van der Waals surface area contributed by atoms with Crippen LogP contribution in [0.1, 0.15) is 95.5 Å². The Morgan fingerprint density at radius 3 is 2.08 bits per heavy atom. The van der Waals surface area contributed by atoms with E-state index in [4.69, 9.17) is 10.8 Å². The average Bonchev–Trinajstić information content (AvgIpc) is 3.03. The minimum atomic E-state index is -0.0636. The maximum atomic E-state index is 14.4. The van der Waals surface area contributed by atoms with Crippen molar-refractivity contribution in [2.24, 2.45) is 5.10 Å². The summed E-state index contributed by atoms with van der Waals surface area (Å²) >= 11 is 0. The number of nitrogen functional groups attached to an aromatic ring is 1. The number of amides is 2. The molecule has 1 heterocycles. The zero-order valence-electron chi connectivity index (χ0n) is 21.5. The number of nitrogens with two attached hydrogens (primary N) is 1. The van der Waals surface area contributed by atoms with Crippen molar-refractivity contribution in [1.29, 1.82) is 0 Å². The quantitative estimate of drug-likeness (QED) is 0.445. The van der Waals surface area contributed by atoms with Gasteiger partial charge in [0.15, 0.2) is 0 Å². The van der Waals surface area contributed by atoms with Gasteiger partial charge in [0, 0.05) is 11.3 Å². The van der Waals surface area contributed by atoms with Gasteiger partial charge < -0.3 is 5.73 Å². The Balaban J connectivity index is 1.60. The van der Waals surface area contributed by atoms with Gasteiger partial charge in [-0.3, -0.25) is 4.90 Å². The van der Waals surface area contributed by atoms with Gasteiger partial charge in [-0.05, 0) is 74.9 Å². The molecule has 2 saturated carbocycles. The summed E-state index contributed by atoms with van der Waals surface area (Å²) < 4.78 is 0. The van der Waals surface area contributed by atoms with Gasteiger partial charge in [0.25, 0.3) is 0 Å². The molecule has 3 aliphatic rings. The molecule has 0 bridgehead atoms. The summed E-state index contributed by atoms with van der Waals surface area (Å²) in [5.41, 5.74) is 11.8. The number of hydrazone groups is 1. The number of rotatable bonds is 3. The lowest BCUT2D eigenvalue weighted by molar-refractivity contribution is 0.174. The number of hydrogen-bond donors (Lipinski definition) is 1. The molecule has 2 aromatic rings. The lowest BCUT2D eigenvalue weighted by Crippen LogP contribution is -2.43. The molecule has 0 saturated heterocycles. The number of hydrogen-bond acceptors (Lipinski definition) is 3. The maximum absolute atomic E-state index is 14.4. The van der Waals surface area contributed by atoms with Gasteiger partial charge in [-0.1, -0.05) is 75.1 Å². The maximum Gasteiger partial charge on any atom is 0.349 e. The number of carbonyl (C=O) groups is 1. The van der Waals surface area contributed by atoms with E-state index in [0.717, 1.165) is 61.2 Å². The van der Waals surface area contributed by atoms with Gasteiger partial charge in [-0.25, -0.2) is 9.80 Å². The molecule has 5 rings (SSSR count). The van der Waals surface area contributed by atoms with E-state index in [1.165, 1.54) is 56.9 Å². The third-order valence-corrected chi connectivity index (χ3v) is 7.93. The molecule has 36 heavy (non-hydrogen) atoms. The summed E-state index contributed by atoms with van der Waals surface area (Å²) in [4.78, 5) is 16.2. The van der Waals surface area contributed by atoms with Crippen molar-refractivity contribution in [3.05, 3.63) is 65.7 Å². The molecular formula is C31H40N4O. The van der Waals surface area contributed by atoms with E-state index in [9.17, 15) is 4.79 Å². The number of benzene rings is 2. The lowest BCUT2D eigenvalue weighted by atomic mass is 9.92. The highest BCUT2D eigenvalue weighted by atomic mass is 16.2. The van der Waals surface area contributed by atoms with Crippen molar-refractivity contribution in [1.82, 2.24) is 5.01 Å². The van der Waals surface area contributed by atoms with Gasteiger partial charge in [-0.2, -0.15) is 5.10 Å². The van der Waals surface area contributed by atoms with Gasteiger partial charge in [-0.15, -0.1) is 0 Å². The van der Waals surface area contributed by atoms with Crippen LogP contribution in [-0.4, -0.2) is 22.8 Å². The van der Waals surface area contributed by atoms with E-state index in [2.05, 4.69) is 24.3 Å². The topological polar surface area (TPSA) is 61.9 Å². The van der Waals surface area contributed by atoms with Crippen LogP contribution in [0.15, 0.2) is 65.3 Å². The summed E-state index contributed by atoms with van der Waals surface area (Å²) in [6.07, 6.45) is 19.0. The fourth-order valence-electron chi connectivity index (χ4n) is 5.90. The zero-order chi connectivity index (χ0) is 24.7. The minimum absolute atomic E-state index is 0.0636. The predicted octanol–water partition coefficient (Wildman–Crippen LogP) is 8.33. The summed E-state index contributed by atoms with van der Waals surface area (Å²) in [7, 11) is 0. The molecule has 2 aromatic carbocycles. The Kier molecular flexibility index (Phi) is 8.04. The first-order valence-electron chi connectivity index (χ1n) is 14.1. The third kappa shape index (κ3) is 5.66. The van der Waals surface area contributed by atoms with Crippen LogP contribution >= 0.6 is 0 Å². The second kappa shape index (κ2) is 11.8. The van der Waals surface area contributed by atoms with E-state index in [1.54, 1.807) is 0 Å². The zero-order valence-corrected chi connectivity index (χ0v) is 21.5. The fourth-order valence-corrected chi connectivity index (χ4v) is 5.90. The summed E-state index contributed by atoms with van der Waals surface area (Å²) in [6, 6.07) is 15.9. The van der Waals surface area contributed by atoms with Crippen LogP contribution in [0, 0.1) is 0 Å². The van der Waals surface area contributed by atoms with E-state index in [0.29, 0.717) is 5.69 Å². The second-order valence-electron chi connectivity index (χ2n) is 10.6. The van der Waals surface area contributed by atoms with E-state index >= 15 is 0 Å². The van der Waals surface area contributed by atoms with Crippen molar-refractivity contribution >= 4 is 28.8 Å². The fraction of sp³-hybridized carbons (Fsp3) is 0.484. The Labute approximate surface area is 216 Å². The van der Waals surface area contributed by atoms with Crippen LogP contribution in [0.25, 0.3) is 0 Å². The molecule has 2 fully saturated rings. The highest BCUT2D eigenvalue weighted by Crippen LogP contribution is 2.36. The van der Waals surface area contributed by atoms with Crippen LogP contribution in [-0.2, 0) is 0 Å². The van der Waals surface area contributed by atoms with Gasteiger partial charge in [0.2, 0.25) is 0 Å². The molecule has 2 aliphatic carbocycles. The molecule has 0 aromatic heterocycles. The minimum Gasteiger partial charge on any atom is -0.399 e. The molecule has 5 nitrogen and oxygen atoms in total. The SMILES string of the molecule is Nc1ccc(N2C(=O)N(C3CCCCCCCCC3)N=C(C=C3CCCCC3)c3ccccc32)cc1. The molecule has 0 spiro atoms. The Bertz CT molecular complexity index is 1090. The van der Waals surface area contributed by atoms with Crippen LogP contribution in [0.2, 0.25) is 0 Å². The molecule has 5 heteroatoms. The second-order valence-corrected chi connectivity index (χ2v) is 10.6. The Morgan fingerprint density at radius 1 is 0.778 bits per heavy atom. The Morgan fingerprint density at radius 2 is 1.39 bits per heavy atom. The van der Waals surface area contributed by atoms with Crippen molar-refractivity contribution in [3.63, 3.8) is 0 Å². The summed E-state index contributed by atoms with van der Waals surface area (Å²) in [6.45, 7) is 0. The molecule has 0 unspecified atom stereocenters. The number of allylic oxidation sites excluding steroid dienone is 2. The van der Waals surface area contributed by atoms with Crippen molar-refractivity contribution in [2.45, 2.75) is 95.9 Å². The van der Waals surface area contributed by atoms with Crippen LogP contribution in [0.4, 0.5) is 21.9 Å². The average molecular weight is 485 g/mol. The molecule has 2 amide bonds. The molecule has 190 valence electrons. The molecule has 0 radical (unpaired) electrons. The largest absolute Gasteiger partial charge is 0.399 e. The number of anilines is 3. The number of carbonyl (C=O) groups excluding carboxylic acids is 1. The van der Waals surface area contributed by atoms with Crippen LogP contribution < -0.4 is 10.6 Å². The van der Waals surface area contributed by atoms with Crippen LogP contribution in [0.5, 0.6) is 0 Å². The normalized spacial score (nSPS) is 20.4. The summed E-state index contributed by atoms with van der Waals surface area (Å²) in [5.74, 6) is 0. The molecular weight excluding hydrogens is 444 g/mol. The molecule has 0 atom stereocenters. The number of para-hydroxylation sites is 1. The number of urea groups is 1. The highest BCUT2D eigenvalue weighted by molar-refractivity contribution is 6.17. The molecule has 2 N–H and O–H groups in total. The van der Waals surface area contributed by atoms with Crippen molar-refractivity contribution in [2.75, 3.05) is 10.6 Å². The van der Waals surface area contributed by atoms with E-state index < -0.39 is 0 Å². The smallest absolute Gasteiger partial charge is 0.349 e. The van der Waals surface area contributed by atoms with Gasteiger partial charge in [0.05, 0.1) is 23.1 Å². The first kappa shape index (κ1) is 24.6. The number of fused-ring (bicyclic) bond motifs is 1. The first-order valence-corrected chi connectivity index (χ1v) is 14.1. The van der Waals surface area contributed by atoms with E-state index in [1.807, 2.05) is 40.2 Å². The highest BCUT2D eigenvalue weighted by Gasteiger charge is 2.34. The van der Waals surface area contributed by atoms with Gasteiger partial charge in [0.1, 0.15) is 0 Å². The standard InChI is InChI=1S/C31H40N4O/c32-25-19-21-26(22-20-25)34-30-18-12-11-17-28(30)29(23-24-13-7-6-8-14-24)33-35(31(34)36)27-15-9-4-2-1-3-5-10-16-27/h11-12,17-23,27H,1-10,13-16,32H2. The monoisotopic (exact) mass is 484 g/mol. The number of nitrogens with zero attached hydrogens (tertiary/aromatic N) is 3. The third-order valence-electron chi connectivity index (χ3n) is 7.93. The van der Waals surface area contributed by atoms with Gasteiger partial charge >= 0.3 is 6.03 Å².